The number of allylic oxidation sites excluding steroid dienone is 6. The van der Waals surface area contributed by atoms with E-state index in [1.807, 2.05) is 68.1 Å². The van der Waals surface area contributed by atoms with Crippen LogP contribution < -0.4 is 21.7 Å². The number of aromatic amines is 1. The summed E-state index contributed by atoms with van der Waals surface area (Å²) in [5.74, 6) is -9.00. The number of nitrogens with one attached hydrogen (secondary N) is 4. The van der Waals surface area contributed by atoms with Gasteiger partial charge in [0.05, 0.1) is 120 Å². The van der Waals surface area contributed by atoms with E-state index in [2.05, 4.69) is 41.2 Å². The molecule has 3 aliphatic heterocycles. The fourth-order valence-corrected chi connectivity index (χ4v) is 16.7. The van der Waals surface area contributed by atoms with Crippen LogP contribution in [0.15, 0.2) is 84.4 Å². The molecule has 3 fully saturated rings. The first kappa shape index (κ1) is 101. The van der Waals surface area contributed by atoms with E-state index in [1.54, 1.807) is 64.8 Å². The van der Waals surface area contributed by atoms with E-state index in [0.717, 1.165) is 40.7 Å². The highest BCUT2D eigenvalue weighted by atomic mass is 16.6. The molecule has 126 heavy (non-hydrogen) atoms. The van der Waals surface area contributed by atoms with Crippen molar-refractivity contribution in [1.82, 2.24) is 60.6 Å². The molecule has 1 saturated carbocycles. The number of ether oxygens (including phenoxy) is 10. The summed E-state index contributed by atoms with van der Waals surface area (Å²) in [4.78, 5) is 122. The van der Waals surface area contributed by atoms with Crippen molar-refractivity contribution in [3.05, 3.63) is 90.1 Å². The van der Waals surface area contributed by atoms with Gasteiger partial charge < -0.3 is 99.4 Å². The maximum Gasteiger partial charge on any atom is 0.329 e. The number of ketones is 3. The van der Waals surface area contributed by atoms with Crippen LogP contribution in [0.25, 0.3) is 33.3 Å². The van der Waals surface area contributed by atoms with E-state index < -0.39 is 89.5 Å². The SMILES string of the molecule is CO[C@H]1C[C@@H]2CC[C@@H](C)[C@@](O)(O2)C(=O)C(=O)N2CCCC[C@H]2C(=O)O[C@H]([C@H](C)C[C@@H]2CC[C@H](n3cc(CCCC(=O)NCCOCCOCCOCCC(=O)NCCOCCOCCOCCC(=O)NCCCCn4nc(-c5cc6cc(O)ccc6[nH]5)c5c(N)ncnc54)nn3)[C@H](OC)C2)CC(=O)[C@H](C)/C=C(\C)[C@@H](O)[C@@H](O)C(=O)[C@H](C)C[C@H](C)/C=C/C=CC=C1C. The number of hydrogen-bond donors (Lipinski definition) is 9. The van der Waals surface area contributed by atoms with Crippen molar-refractivity contribution in [2.24, 2.45) is 35.5 Å². The number of unbranched alkanes of at least 4 members (excludes halogenated alkanes) is 1. The Bertz CT molecular complexity index is 4450. The number of aryl methyl sites for hydroxylation is 2. The molecule has 696 valence electrons. The molecule has 7 heterocycles. The maximum absolute atomic E-state index is 14.8. The summed E-state index contributed by atoms with van der Waals surface area (Å²) in [5.41, 5.74) is 10.9. The number of hydrogen-bond acceptors (Lipinski definition) is 28. The zero-order chi connectivity index (χ0) is 90.7. The van der Waals surface area contributed by atoms with Gasteiger partial charge in [-0.2, -0.15) is 5.10 Å². The number of anilines is 1. The number of benzene rings is 1. The number of esters is 1. The summed E-state index contributed by atoms with van der Waals surface area (Å²) in [6.45, 7) is 17.8. The number of amides is 4. The number of aromatic hydroxyl groups is 1. The Morgan fingerprint density at radius 2 is 1.39 bits per heavy atom. The minimum absolute atomic E-state index is 0.0390. The van der Waals surface area contributed by atoms with Gasteiger partial charge in [0.2, 0.25) is 23.5 Å². The Balaban J connectivity index is 0.604. The number of aliphatic hydroxyl groups is 3. The van der Waals surface area contributed by atoms with Gasteiger partial charge in [0.25, 0.3) is 11.7 Å². The normalized spacial score (nSPS) is 25.9. The predicted octanol–water partition coefficient (Wildman–Crippen LogP) is 7.61. The number of cyclic esters (lactones) is 1. The molecular formula is C91H135N13O22. The molecule has 0 unspecified atom stereocenters. The van der Waals surface area contributed by atoms with E-state index in [9.17, 15) is 58.8 Å². The van der Waals surface area contributed by atoms with Crippen LogP contribution in [-0.2, 0) is 98.7 Å². The third kappa shape index (κ3) is 30.5. The van der Waals surface area contributed by atoms with Gasteiger partial charge in [-0.3, -0.25) is 33.6 Å². The molecule has 4 aliphatic rings. The lowest BCUT2D eigenvalue weighted by molar-refractivity contribution is -0.265. The van der Waals surface area contributed by atoms with E-state index >= 15 is 0 Å². The Labute approximate surface area is 737 Å². The van der Waals surface area contributed by atoms with Crippen molar-refractivity contribution < 1.29 is 106 Å². The van der Waals surface area contributed by atoms with Crippen molar-refractivity contribution in [1.29, 1.82) is 0 Å². The molecule has 2 bridgehead atoms. The second kappa shape index (κ2) is 51.8. The van der Waals surface area contributed by atoms with Crippen LogP contribution in [0.5, 0.6) is 5.75 Å². The predicted molar refractivity (Wildman–Crippen MR) is 467 cm³/mol. The molecule has 9 rings (SSSR count). The Morgan fingerprint density at radius 3 is 2.07 bits per heavy atom. The number of nitrogens with two attached hydrogens (primary N) is 1. The number of H-pyrrole nitrogens is 1. The Morgan fingerprint density at radius 1 is 0.722 bits per heavy atom. The van der Waals surface area contributed by atoms with Crippen molar-refractivity contribution in [3.8, 4) is 17.1 Å². The average molecular weight is 1760 g/mol. The number of aromatic nitrogens is 8. The lowest BCUT2D eigenvalue weighted by Gasteiger charge is -2.42. The first-order valence-electron chi connectivity index (χ1n) is 44.8. The number of nitrogens with zero attached hydrogens (tertiary/aromatic N) is 8. The van der Waals surface area contributed by atoms with Crippen LogP contribution in [0.3, 0.4) is 0 Å². The molecule has 5 aromatic rings. The maximum atomic E-state index is 14.8. The van der Waals surface area contributed by atoms with Crippen molar-refractivity contribution >= 4 is 74.7 Å². The first-order valence-corrected chi connectivity index (χ1v) is 44.8. The molecule has 10 N–H and O–H groups in total. The summed E-state index contributed by atoms with van der Waals surface area (Å²) in [5, 5.41) is 68.5. The van der Waals surface area contributed by atoms with Crippen LogP contribution in [0.1, 0.15) is 176 Å². The molecule has 4 amide bonds. The third-order valence-corrected chi connectivity index (χ3v) is 24.1. The number of Topliss-reactive ketones (excluding diaryl/α,β-unsaturated/α-hetero) is 3. The molecular weight excluding hydrogens is 1630 g/mol. The largest absolute Gasteiger partial charge is 0.508 e. The minimum atomic E-state index is -2.49. The van der Waals surface area contributed by atoms with Crippen LogP contribution in [0.4, 0.5) is 5.82 Å². The number of fused-ring (bicyclic) bond motifs is 5. The molecule has 35 heteroatoms. The number of rotatable bonds is 40. The van der Waals surface area contributed by atoms with E-state index in [0.29, 0.717) is 185 Å². The van der Waals surface area contributed by atoms with Gasteiger partial charge in [-0.05, 0) is 157 Å². The number of piperidine rings is 1. The number of nitrogen functional groups attached to an aromatic ring is 1. The highest BCUT2D eigenvalue weighted by molar-refractivity contribution is 6.39. The van der Waals surface area contributed by atoms with Crippen LogP contribution in [0, 0.1) is 35.5 Å². The molecule has 1 aliphatic carbocycles. The quantitative estimate of drug-likeness (QED) is 0.00788. The number of aliphatic hydroxyl groups excluding tert-OH is 2. The van der Waals surface area contributed by atoms with Gasteiger partial charge in [-0.25, -0.2) is 24.1 Å². The van der Waals surface area contributed by atoms with E-state index in [4.69, 9.17) is 58.2 Å². The Hall–Kier alpha value is -9.11. The number of phenolic OH excluding ortho intramolecular Hbond substituents is 1. The summed E-state index contributed by atoms with van der Waals surface area (Å²) in [7, 11) is 3.20. The van der Waals surface area contributed by atoms with Gasteiger partial charge in [-0.1, -0.05) is 76.3 Å². The molecule has 4 aromatic heterocycles. The van der Waals surface area contributed by atoms with Crippen LogP contribution in [0.2, 0.25) is 0 Å². The van der Waals surface area contributed by atoms with Gasteiger partial charge in [-0.15, -0.1) is 5.10 Å². The van der Waals surface area contributed by atoms with Gasteiger partial charge >= 0.3 is 5.97 Å². The Kier molecular flexibility index (Phi) is 41.4. The summed E-state index contributed by atoms with van der Waals surface area (Å²) in [6, 6.07) is 5.61. The summed E-state index contributed by atoms with van der Waals surface area (Å²) >= 11 is 0. The number of carbonyl (C=O) groups is 8. The molecule has 2 saturated heterocycles. The number of phenols is 1. The molecule has 0 spiro atoms. The monoisotopic (exact) mass is 1760 g/mol. The lowest BCUT2D eigenvalue weighted by atomic mass is 9.77. The second-order valence-corrected chi connectivity index (χ2v) is 33.8. The molecule has 15 atom stereocenters. The highest BCUT2D eigenvalue weighted by Gasteiger charge is 2.53. The first-order chi connectivity index (χ1) is 60.7. The standard InChI is InChI=1S/C91H135N13O22/c1-58-18-11-10-12-19-59(2)75(117-8)54-69-26-23-64(7)91(116,126-69)86(113)89(114)102-34-15-13-21-73(102)90(115)125-76(55-74(106)60(3)49-63(6)84(111)85(112)83(110)62(5)48-58)61(4)50-65-24-28-72(77(51-65)118-9)104-56-67(99-101-104)20-17-22-78(107)94-32-38-121-42-46-124-45-41-120-37-30-80(109)95-33-39-122-43-47-123-44-40-119-36-29-79(108)93-31-14-16-35-103-88-81(87(92)96-57-97-88)82(100-103)71-53-66-52-68(105)25-27-70(66)98-71/h10-12,18-19,25,27,49,52-53,56-58,60-62,64-65,69,72-73,75-77,84-85,98,105,111-112,116H,13-17,20-24,26,28-48,50-51,54-55H2,1-9H3,(H,93,108)(H,94,107)(H,95,109)(H2,92,96,97)/b12-10?,18-11+,59-19?,63-49+/t58-,60-,61-,62-,64-,65+,69+,72+,73+,75+,76+,77-,84-,85+,91-/m1/s1. The van der Waals surface area contributed by atoms with Crippen molar-refractivity contribution in [3.63, 3.8) is 0 Å². The smallest absolute Gasteiger partial charge is 0.329 e. The molecule has 1 aromatic carbocycles. The lowest BCUT2D eigenvalue weighted by Crippen LogP contribution is -2.61. The fourth-order valence-electron chi connectivity index (χ4n) is 16.7. The second-order valence-electron chi connectivity index (χ2n) is 33.8. The van der Waals surface area contributed by atoms with Crippen LogP contribution in [-0.4, -0.2) is 280 Å². The van der Waals surface area contributed by atoms with Crippen LogP contribution >= 0.6 is 0 Å². The van der Waals surface area contributed by atoms with Crippen molar-refractivity contribution in [2.75, 3.05) is 125 Å². The molecule has 35 nitrogen and oxygen atoms in total. The highest BCUT2D eigenvalue weighted by Crippen LogP contribution is 2.41. The third-order valence-electron chi connectivity index (χ3n) is 24.1. The minimum Gasteiger partial charge on any atom is -0.508 e. The molecule has 0 radical (unpaired) electrons. The van der Waals surface area contributed by atoms with Crippen molar-refractivity contribution in [2.45, 2.75) is 232 Å². The average Bonchev–Trinajstić information content (AvgIpc) is 1.55. The summed E-state index contributed by atoms with van der Waals surface area (Å²) < 4.78 is 61.7. The zero-order valence-corrected chi connectivity index (χ0v) is 74.8. The number of carbonyl (C=O) groups excluding carboxylic acids is 8. The number of methoxy groups -OCH3 is 2. The fraction of sp³-hybridized carbons (Fsp3) is 0.659. The van der Waals surface area contributed by atoms with Gasteiger partial charge in [0, 0.05) is 114 Å². The topological polar surface area (TPSA) is 465 Å². The zero-order valence-electron chi connectivity index (χ0n) is 74.8. The van der Waals surface area contributed by atoms with E-state index in [1.165, 1.54) is 17.3 Å². The van der Waals surface area contributed by atoms with E-state index in [-0.39, 0.29) is 117 Å². The van der Waals surface area contributed by atoms with Gasteiger partial charge in [0.1, 0.15) is 53.7 Å². The summed E-state index contributed by atoms with van der Waals surface area (Å²) in [6.07, 6.45) is 16.5. The van der Waals surface area contributed by atoms with Gasteiger partial charge in [0.15, 0.2) is 11.4 Å².